The van der Waals surface area contributed by atoms with E-state index in [0.29, 0.717) is 19.1 Å². The van der Waals surface area contributed by atoms with Crippen molar-refractivity contribution in [2.75, 3.05) is 20.8 Å². The lowest BCUT2D eigenvalue weighted by atomic mass is 10.1. The van der Waals surface area contributed by atoms with Crippen LogP contribution >= 0.6 is 0 Å². The normalized spacial score (nSPS) is 13.8. The van der Waals surface area contributed by atoms with E-state index in [-0.39, 0.29) is 6.03 Å². The quantitative estimate of drug-likeness (QED) is 0.715. The van der Waals surface area contributed by atoms with E-state index in [1.165, 1.54) is 0 Å². The topological polar surface area (TPSA) is 64.5 Å². The molecule has 1 aliphatic rings. The van der Waals surface area contributed by atoms with Gasteiger partial charge in [0.25, 0.3) is 0 Å². The number of nitrogens with zero attached hydrogens (tertiary/aromatic N) is 1. The molecule has 6 heteroatoms. The molecule has 0 saturated heterocycles. The van der Waals surface area contributed by atoms with E-state index in [1.807, 2.05) is 24.3 Å². The van der Waals surface area contributed by atoms with Crippen LogP contribution in [0.4, 0.5) is 4.79 Å². The summed E-state index contributed by atoms with van der Waals surface area (Å²) in [4.78, 5) is 11.9. The highest BCUT2D eigenvalue weighted by atomic mass is 16.5. The minimum absolute atomic E-state index is 0.0940. The first-order valence-electron chi connectivity index (χ1n) is 8.88. The zero-order chi connectivity index (χ0) is 18.1. The molecule has 1 fully saturated rings. The summed E-state index contributed by atoms with van der Waals surface area (Å²) in [5, 5.41) is 8.21. The number of benzene rings is 2. The second kappa shape index (κ2) is 6.78. The molecule has 3 aromatic rings. The van der Waals surface area contributed by atoms with Crippen molar-refractivity contribution in [3.05, 3.63) is 36.4 Å². The van der Waals surface area contributed by atoms with Crippen LogP contribution in [0.15, 0.2) is 36.4 Å². The molecule has 1 aromatic heterocycles. The van der Waals surface area contributed by atoms with Crippen LogP contribution in [0.5, 0.6) is 11.5 Å². The Labute approximate surface area is 152 Å². The van der Waals surface area contributed by atoms with Gasteiger partial charge in [0.1, 0.15) is 11.5 Å². The van der Waals surface area contributed by atoms with Gasteiger partial charge in [0, 0.05) is 42.0 Å². The number of fused-ring (bicyclic) bond motifs is 3. The average Bonchev–Trinajstić information content (AvgIpc) is 3.43. The van der Waals surface area contributed by atoms with E-state index >= 15 is 0 Å². The number of carbonyl (C=O) groups is 1. The predicted molar refractivity (Wildman–Crippen MR) is 102 cm³/mol. The molecule has 1 aliphatic carbocycles. The second-order valence-corrected chi connectivity index (χ2v) is 6.59. The van der Waals surface area contributed by atoms with Crippen LogP contribution in [0.25, 0.3) is 21.8 Å². The van der Waals surface area contributed by atoms with E-state index in [4.69, 9.17) is 9.47 Å². The third-order valence-electron chi connectivity index (χ3n) is 4.82. The molecule has 2 amide bonds. The third-order valence-corrected chi connectivity index (χ3v) is 4.82. The van der Waals surface area contributed by atoms with Gasteiger partial charge in [-0.1, -0.05) is 0 Å². The monoisotopic (exact) mass is 353 g/mol. The first-order valence-corrected chi connectivity index (χ1v) is 8.88. The molecule has 2 N–H and O–H groups in total. The second-order valence-electron chi connectivity index (χ2n) is 6.59. The van der Waals surface area contributed by atoms with Crippen molar-refractivity contribution in [1.82, 2.24) is 15.2 Å². The van der Waals surface area contributed by atoms with Crippen LogP contribution in [0, 0.1) is 0 Å². The van der Waals surface area contributed by atoms with Crippen LogP contribution in [-0.4, -0.2) is 37.4 Å². The highest BCUT2D eigenvalue weighted by Gasteiger charge is 2.23. The fourth-order valence-electron chi connectivity index (χ4n) is 3.30. The average molecular weight is 353 g/mol. The Balaban J connectivity index is 1.67. The smallest absolute Gasteiger partial charge is 0.315 e. The molecule has 1 heterocycles. The van der Waals surface area contributed by atoms with Crippen molar-refractivity contribution < 1.29 is 14.3 Å². The number of urea groups is 1. The highest BCUT2D eigenvalue weighted by molar-refractivity contribution is 6.08. The molecule has 2 aromatic carbocycles. The van der Waals surface area contributed by atoms with Crippen molar-refractivity contribution in [3.8, 4) is 11.5 Å². The molecule has 0 bridgehead atoms. The Hall–Kier alpha value is -2.89. The molecule has 0 spiro atoms. The minimum Gasteiger partial charge on any atom is -0.497 e. The van der Waals surface area contributed by atoms with Crippen molar-refractivity contribution >= 4 is 27.8 Å². The summed E-state index contributed by atoms with van der Waals surface area (Å²) in [5.41, 5.74) is 2.16. The zero-order valence-electron chi connectivity index (χ0n) is 15.0. The lowest BCUT2D eigenvalue weighted by Crippen LogP contribution is -2.38. The van der Waals surface area contributed by atoms with E-state index in [0.717, 1.165) is 46.1 Å². The molecule has 4 rings (SSSR count). The molecule has 0 aliphatic heterocycles. The molecular weight excluding hydrogens is 330 g/mol. The number of nitrogens with one attached hydrogen (secondary N) is 2. The fourth-order valence-corrected chi connectivity index (χ4v) is 3.30. The summed E-state index contributed by atoms with van der Waals surface area (Å²) < 4.78 is 13.0. The number of carbonyl (C=O) groups excluding carboxylic acids is 1. The highest BCUT2D eigenvalue weighted by Crippen LogP contribution is 2.33. The Morgan fingerprint density at radius 1 is 1.04 bits per heavy atom. The molecule has 0 unspecified atom stereocenters. The Morgan fingerprint density at radius 3 is 2.12 bits per heavy atom. The maximum absolute atomic E-state index is 11.9. The van der Waals surface area contributed by atoms with Gasteiger partial charge >= 0.3 is 6.03 Å². The summed E-state index contributed by atoms with van der Waals surface area (Å²) in [7, 11) is 3.34. The van der Waals surface area contributed by atoms with E-state index < -0.39 is 0 Å². The standard InChI is InChI=1S/C20H23N3O3/c1-25-14-5-7-16-17-8-6-15(26-2)12-19(17)23(18(16)11-14)10-9-21-20(24)22-13-3-4-13/h5-8,11-13H,3-4,9-10H2,1-2H3,(H2,21,22,24). The summed E-state index contributed by atoms with van der Waals surface area (Å²) in [6, 6.07) is 12.4. The SMILES string of the molecule is COc1ccc2c3ccc(OC)cc3n(CCNC(=O)NC3CC3)c2c1. The Kier molecular flexibility index (Phi) is 4.32. The molecule has 6 nitrogen and oxygen atoms in total. The van der Waals surface area contributed by atoms with Crippen molar-refractivity contribution in [3.63, 3.8) is 0 Å². The summed E-state index contributed by atoms with van der Waals surface area (Å²) in [5.74, 6) is 1.63. The maximum Gasteiger partial charge on any atom is 0.315 e. The predicted octanol–water partition coefficient (Wildman–Crippen LogP) is 3.27. The molecule has 1 saturated carbocycles. The summed E-state index contributed by atoms with van der Waals surface area (Å²) in [6.45, 7) is 1.21. The number of ether oxygens (including phenoxy) is 2. The number of rotatable bonds is 6. The number of aromatic nitrogens is 1. The Bertz CT molecular complexity index is 898. The molecule has 136 valence electrons. The van der Waals surface area contributed by atoms with Gasteiger partial charge in [0.05, 0.1) is 25.3 Å². The molecular formula is C20H23N3O3. The number of hydrogen-bond acceptors (Lipinski definition) is 3. The van der Waals surface area contributed by atoms with Gasteiger partial charge in [-0.25, -0.2) is 4.79 Å². The van der Waals surface area contributed by atoms with E-state index in [9.17, 15) is 4.79 Å². The minimum atomic E-state index is -0.0940. The molecule has 0 radical (unpaired) electrons. The van der Waals surface area contributed by atoms with Gasteiger partial charge in [-0.3, -0.25) is 0 Å². The zero-order valence-corrected chi connectivity index (χ0v) is 15.0. The molecule has 26 heavy (non-hydrogen) atoms. The largest absolute Gasteiger partial charge is 0.497 e. The van der Waals surface area contributed by atoms with Crippen molar-refractivity contribution in [2.45, 2.75) is 25.4 Å². The lowest BCUT2D eigenvalue weighted by Gasteiger charge is -2.11. The first kappa shape index (κ1) is 16.6. The number of hydrogen-bond donors (Lipinski definition) is 2. The van der Waals surface area contributed by atoms with Crippen LogP contribution in [0.3, 0.4) is 0 Å². The Morgan fingerprint density at radius 2 is 1.62 bits per heavy atom. The van der Waals surface area contributed by atoms with Gasteiger partial charge in [0.15, 0.2) is 0 Å². The number of amides is 2. The van der Waals surface area contributed by atoms with Gasteiger partial charge in [-0.05, 0) is 37.1 Å². The van der Waals surface area contributed by atoms with E-state index in [2.05, 4.69) is 27.3 Å². The summed E-state index contributed by atoms with van der Waals surface area (Å²) in [6.07, 6.45) is 2.17. The van der Waals surface area contributed by atoms with Gasteiger partial charge in [0.2, 0.25) is 0 Å². The number of methoxy groups -OCH3 is 2. The van der Waals surface area contributed by atoms with Crippen LogP contribution in [-0.2, 0) is 6.54 Å². The summed E-state index contributed by atoms with van der Waals surface area (Å²) >= 11 is 0. The maximum atomic E-state index is 11.9. The first-order chi connectivity index (χ1) is 12.7. The van der Waals surface area contributed by atoms with Gasteiger partial charge in [-0.15, -0.1) is 0 Å². The van der Waals surface area contributed by atoms with Crippen LogP contribution < -0.4 is 20.1 Å². The van der Waals surface area contributed by atoms with Crippen molar-refractivity contribution in [2.24, 2.45) is 0 Å². The van der Waals surface area contributed by atoms with Crippen LogP contribution in [0.2, 0.25) is 0 Å². The van der Waals surface area contributed by atoms with Gasteiger partial charge in [-0.2, -0.15) is 0 Å². The third kappa shape index (κ3) is 3.14. The van der Waals surface area contributed by atoms with Crippen LogP contribution in [0.1, 0.15) is 12.8 Å². The van der Waals surface area contributed by atoms with Gasteiger partial charge < -0.3 is 24.7 Å². The molecule has 0 atom stereocenters. The van der Waals surface area contributed by atoms with Crippen molar-refractivity contribution in [1.29, 1.82) is 0 Å². The fraction of sp³-hybridized carbons (Fsp3) is 0.350. The van der Waals surface area contributed by atoms with E-state index in [1.54, 1.807) is 14.2 Å². The lowest BCUT2D eigenvalue weighted by molar-refractivity contribution is 0.240.